The summed E-state index contributed by atoms with van der Waals surface area (Å²) in [5.41, 5.74) is -0.357. The summed E-state index contributed by atoms with van der Waals surface area (Å²) in [5.74, 6) is -2.04. The second-order valence-corrected chi connectivity index (χ2v) is 6.04. The van der Waals surface area contributed by atoms with Gasteiger partial charge in [0.1, 0.15) is 11.6 Å². The van der Waals surface area contributed by atoms with Gasteiger partial charge < -0.3 is 0 Å². The third kappa shape index (κ3) is 2.72. The molecule has 0 radical (unpaired) electrons. The van der Waals surface area contributed by atoms with E-state index in [0.29, 0.717) is 5.01 Å². The highest BCUT2D eigenvalue weighted by molar-refractivity contribution is 7.15. The quantitative estimate of drug-likeness (QED) is 0.495. The van der Waals surface area contributed by atoms with Crippen molar-refractivity contribution in [2.45, 2.75) is 6.92 Å². The third-order valence-electron chi connectivity index (χ3n) is 3.24. The Morgan fingerprint density at radius 3 is 2.62 bits per heavy atom. The number of nitrogens with one attached hydrogen (secondary N) is 1. The molecular weight excluding hydrogens is 338 g/mol. The number of aromatic nitrogens is 2. The van der Waals surface area contributed by atoms with Crippen molar-refractivity contribution in [3.05, 3.63) is 44.4 Å². The maximum atomic E-state index is 12.3. The molecule has 10 nitrogen and oxygen atoms in total. The van der Waals surface area contributed by atoms with Gasteiger partial charge in [-0.05, 0) is 13.0 Å². The van der Waals surface area contributed by atoms with Gasteiger partial charge in [-0.2, -0.15) is 0 Å². The maximum Gasteiger partial charge on any atom is 0.270 e. The first-order valence-corrected chi connectivity index (χ1v) is 7.43. The Bertz CT molecular complexity index is 893. The number of hydrogen-bond donors (Lipinski definition) is 1. The van der Waals surface area contributed by atoms with Gasteiger partial charge in [0.15, 0.2) is 0 Å². The molecule has 1 aliphatic heterocycles. The van der Waals surface area contributed by atoms with Crippen LogP contribution in [0.5, 0.6) is 0 Å². The van der Waals surface area contributed by atoms with Crippen molar-refractivity contribution in [2.75, 3.05) is 11.9 Å². The van der Waals surface area contributed by atoms with Crippen LogP contribution in [-0.2, 0) is 4.79 Å². The van der Waals surface area contributed by atoms with Gasteiger partial charge in [-0.15, -0.1) is 10.2 Å². The minimum Gasteiger partial charge on any atom is -0.299 e. The molecule has 2 aromatic rings. The van der Waals surface area contributed by atoms with Crippen LogP contribution in [0.2, 0.25) is 0 Å². The predicted molar refractivity (Wildman–Crippen MR) is 81.7 cm³/mol. The van der Waals surface area contributed by atoms with Crippen LogP contribution in [0.25, 0.3) is 0 Å². The van der Waals surface area contributed by atoms with Crippen LogP contribution < -0.4 is 5.32 Å². The molecule has 24 heavy (non-hydrogen) atoms. The van der Waals surface area contributed by atoms with E-state index >= 15 is 0 Å². The van der Waals surface area contributed by atoms with Crippen molar-refractivity contribution in [3.63, 3.8) is 0 Å². The molecular formula is C13H9N5O5S. The predicted octanol–water partition coefficient (Wildman–Crippen LogP) is 0.989. The molecule has 0 fully saturated rings. The molecule has 3 rings (SSSR count). The van der Waals surface area contributed by atoms with Gasteiger partial charge in [0.05, 0.1) is 16.1 Å². The van der Waals surface area contributed by atoms with Crippen LogP contribution in [0.1, 0.15) is 25.7 Å². The highest BCUT2D eigenvalue weighted by atomic mass is 32.1. The number of nitro groups is 1. The molecule has 1 aliphatic rings. The highest BCUT2D eigenvalue weighted by Gasteiger charge is 2.37. The molecule has 0 saturated carbocycles. The lowest BCUT2D eigenvalue weighted by molar-refractivity contribution is -0.384. The molecule has 0 atom stereocenters. The second-order valence-electron chi connectivity index (χ2n) is 4.86. The van der Waals surface area contributed by atoms with Crippen molar-refractivity contribution < 1.29 is 19.3 Å². The molecule has 2 heterocycles. The van der Waals surface area contributed by atoms with Crippen molar-refractivity contribution >= 4 is 39.9 Å². The molecule has 1 aromatic carbocycles. The van der Waals surface area contributed by atoms with Gasteiger partial charge in [-0.3, -0.25) is 34.7 Å². The first-order valence-electron chi connectivity index (χ1n) is 6.61. The number of fused-ring (bicyclic) bond motifs is 1. The number of carbonyl (C=O) groups excluding carboxylic acids is 3. The van der Waals surface area contributed by atoms with Gasteiger partial charge in [0.2, 0.25) is 11.0 Å². The molecule has 0 bridgehead atoms. The van der Waals surface area contributed by atoms with Gasteiger partial charge in [-0.1, -0.05) is 11.3 Å². The fourth-order valence-corrected chi connectivity index (χ4v) is 2.79. The summed E-state index contributed by atoms with van der Waals surface area (Å²) < 4.78 is 0. The van der Waals surface area contributed by atoms with E-state index in [-0.39, 0.29) is 21.9 Å². The number of non-ortho nitro benzene ring substituents is 1. The van der Waals surface area contributed by atoms with E-state index in [1.54, 1.807) is 6.92 Å². The van der Waals surface area contributed by atoms with E-state index in [0.717, 1.165) is 28.4 Å². The van der Waals surface area contributed by atoms with Crippen LogP contribution in [0.15, 0.2) is 18.2 Å². The lowest BCUT2D eigenvalue weighted by Crippen LogP contribution is -2.37. The number of amides is 3. The van der Waals surface area contributed by atoms with Gasteiger partial charge >= 0.3 is 0 Å². The largest absolute Gasteiger partial charge is 0.299 e. The molecule has 0 aliphatic carbocycles. The van der Waals surface area contributed by atoms with Gasteiger partial charge in [0.25, 0.3) is 17.5 Å². The van der Waals surface area contributed by atoms with E-state index in [9.17, 15) is 24.5 Å². The number of rotatable bonds is 4. The molecule has 0 unspecified atom stereocenters. The van der Waals surface area contributed by atoms with Gasteiger partial charge in [0, 0.05) is 12.1 Å². The molecule has 3 amide bonds. The normalized spacial score (nSPS) is 13.1. The number of nitro benzene ring substituents is 1. The SMILES string of the molecule is Cc1nnc(NC(=O)CN2C(=O)c3ccc([N+](=O)[O-])cc3C2=O)s1. The van der Waals surface area contributed by atoms with Crippen LogP contribution in [0.3, 0.4) is 0 Å². The van der Waals surface area contributed by atoms with Crippen molar-refractivity contribution in [1.82, 2.24) is 15.1 Å². The van der Waals surface area contributed by atoms with Crippen LogP contribution in [0.4, 0.5) is 10.8 Å². The topological polar surface area (TPSA) is 135 Å². The summed E-state index contributed by atoms with van der Waals surface area (Å²) in [5, 5.41) is 21.6. The molecule has 11 heteroatoms. The fourth-order valence-electron chi connectivity index (χ4n) is 2.19. The Hall–Kier alpha value is -3.21. The Morgan fingerprint density at radius 1 is 1.29 bits per heavy atom. The molecule has 1 N–H and O–H groups in total. The van der Waals surface area contributed by atoms with Crippen molar-refractivity contribution in [1.29, 1.82) is 0 Å². The Balaban J connectivity index is 1.78. The Kier molecular flexibility index (Phi) is 3.77. The molecule has 1 aromatic heterocycles. The Morgan fingerprint density at radius 2 is 2.00 bits per heavy atom. The fraction of sp³-hybridized carbons (Fsp3) is 0.154. The highest BCUT2D eigenvalue weighted by Crippen LogP contribution is 2.26. The number of benzene rings is 1. The number of nitrogens with zero attached hydrogens (tertiary/aromatic N) is 4. The number of aryl methyl sites for hydroxylation is 1. The molecule has 0 spiro atoms. The van der Waals surface area contributed by atoms with Crippen molar-refractivity contribution in [3.8, 4) is 0 Å². The zero-order valence-corrected chi connectivity index (χ0v) is 13.0. The average Bonchev–Trinajstić information content (AvgIpc) is 3.04. The van der Waals surface area contributed by atoms with E-state index in [1.807, 2.05) is 0 Å². The lowest BCUT2D eigenvalue weighted by Gasteiger charge is -2.12. The first kappa shape index (κ1) is 15.7. The Labute approximate surface area is 138 Å². The van der Waals surface area contributed by atoms with Crippen LogP contribution >= 0.6 is 11.3 Å². The lowest BCUT2D eigenvalue weighted by atomic mass is 10.1. The monoisotopic (exact) mass is 347 g/mol. The van der Waals surface area contributed by atoms with Gasteiger partial charge in [-0.25, -0.2) is 0 Å². The van der Waals surface area contributed by atoms with E-state index in [1.165, 1.54) is 6.07 Å². The number of imide groups is 1. The maximum absolute atomic E-state index is 12.3. The standard InChI is InChI=1S/C13H9N5O5S/c1-6-15-16-13(24-6)14-10(19)5-17-11(20)8-3-2-7(18(22)23)4-9(8)12(17)21/h2-4H,5H2,1H3,(H,14,16,19). The number of hydrogen-bond acceptors (Lipinski definition) is 8. The van der Waals surface area contributed by atoms with Crippen molar-refractivity contribution in [2.24, 2.45) is 0 Å². The summed E-state index contributed by atoms with van der Waals surface area (Å²) in [7, 11) is 0. The smallest absolute Gasteiger partial charge is 0.270 e. The van der Waals surface area contributed by atoms with Crippen LogP contribution in [-0.4, -0.2) is 44.3 Å². The summed E-state index contributed by atoms with van der Waals surface area (Å²) >= 11 is 1.15. The summed E-state index contributed by atoms with van der Waals surface area (Å²) in [6.45, 7) is 1.20. The van der Waals surface area contributed by atoms with E-state index in [4.69, 9.17) is 0 Å². The summed E-state index contributed by atoms with van der Waals surface area (Å²) in [6.07, 6.45) is 0. The molecule has 0 saturated heterocycles. The van der Waals surface area contributed by atoms with E-state index in [2.05, 4.69) is 15.5 Å². The number of carbonyl (C=O) groups is 3. The average molecular weight is 347 g/mol. The summed E-state index contributed by atoms with van der Waals surface area (Å²) in [6, 6.07) is 3.37. The third-order valence-corrected chi connectivity index (χ3v) is 3.99. The van der Waals surface area contributed by atoms with Crippen LogP contribution in [0, 0.1) is 17.0 Å². The minimum atomic E-state index is -0.748. The number of anilines is 1. The zero-order valence-electron chi connectivity index (χ0n) is 12.2. The molecule has 122 valence electrons. The second kappa shape index (κ2) is 5.77. The zero-order chi connectivity index (χ0) is 17.4. The minimum absolute atomic E-state index is 0.0326. The van der Waals surface area contributed by atoms with E-state index < -0.39 is 29.2 Å². The summed E-state index contributed by atoms with van der Waals surface area (Å²) in [4.78, 5) is 47.3. The first-order chi connectivity index (χ1) is 11.4.